The highest BCUT2D eigenvalue weighted by atomic mass is 16.6. The highest BCUT2D eigenvalue weighted by Gasteiger charge is 2.24. The van der Waals surface area contributed by atoms with Crippen LogP contribution in [-0.2, 0) is 6.42 Å². The lowest BCUT2D eigenvalue weighted by molar-refractivity contribution is -0.384. The zero-order valence-electron chi connectivity index (χ0n) is 13.9. The molecule has 7 heteroatoms. The lowest BCUT2D eigenvalue weighted by Gasteiger charge is -2.12. The average Bonchev–Trinajstić information content (AvgIpc) is 2.94. The summed E-state index contributed by atoms with van der Waals surface area (Å²) in [5.41, 5.74) is 1.79. The molecule has 1 atom stereocenters. The number of nitrogens with zero attached hydrogens (tertiary/aromatic N) is 2. The Morgan fingerprint density at radius 2 is 2.04 bits per heavy atom. The van der Waals surface area contributed by atoms with Gasteiger partial charge in [0.05, 0.1) is 10.4 Å². The molecule has 0 bridgehead atoms. The highest BCUT2D eigenvalue weighted by molar-refractivity contribution is 6.06. The van der Waals surface area contributed by atoms with Gasteiger partial charge in [-0.05, 0) is 31.0 Å². The van der Waals surface area contributed by atoms with Crippen molar-refractivity contribution in [2.75, 3.05) is 5.32 Å². The third-order valence-electron chi connectivity index (χ3n) is 4.68. The first-order valence-corrected chi connectivity index (χ1v) is 8.18. The van der Waals surface area contributed by atoms with Gasteiger partial charge in [-0.15, -0.1) is 0 Å². The number of carbonyl (C=O) groups is 1. The van der Waals surface area contributed by atoms with Crippen LogP contribution in [0.1, 0.15) is 28.9 Å². The number of rotatable bonds is 3. The fraction of sp³-hybridized carbons (Fsp3) is 0.158. The summed E-state index contributed by atoms with van der Waals surface area (Å²) in [7, 11) is 0. The zero-order valence-corrected chi connectivity index (χ0v) is 13.9. The first-order chi connectivity index (χ1) is 12.5. The van der Waals surface area contributed by atoms with Gasteiger partial charge < -0.3 is 9.88 Å². The molecule has 130 valence electrons. The van der Waals surface area contributed by atoms with Crippen LogP contribution >= 0.6 is 0 Å². The summed E-state index contributed by atoms with van der Waals surface area (Å²) in [4.78, 5) is 35.8. The third-order valence-corrected chi connectivity index (χ3v) is 4.68. The Morgan fingerprint density at radius 1 is 1.27 bits per heavy atom. The fourth-order valence-corrected chi connectivity index (χ4v) is 3.47. The summed E-state index contributed by atoms with van der Waals surface area (Å²) in [6, 6.07) is 11.3. The van der Waals surface area contributed by atoms with Crippen LogP contribution in [0.3, 0.4) is 0 Å². The number of non-ortho nitro benzene ring substituents is 1. The van der Waals surface area contributed by atoms with Gasteiger partial charge in [-0.1, -0.05) is 18.2 Å². The van der Waals surface area contributed by atoms with Crippen LogP contribution in [0, 0.1) is 10.1 Å². The molecule has 0 radical (unpaired) electrons. The number of anilines is 1. The van der Waals surface area contributed by atoms with Gasteiger partial charge in [-0.2, -0.15) is 0 Å². The van der Waals surface area contributed by atoms with E-state index in [0.717, 1.165) is 17.5 Å². The summed E-state index contributed by atoms with van der Waals surface area (Å²) >= 11 is 0. The van der Waals surface area contributed by atoms with Crippen LogP contribution in [0.2, 0.25) is 0 Å². The molecule has 26 heavy (non-hydrogen) atoms. The zero-order chi connectivity index (χ0) is 18.4. The minimum Gasteiger partial charge on any atom is -0.343 e. The molecule has 1 N–H and O–H groups in total. The van der Waals surface area contributed by atoms with Crippen molar-refractivity contribution < 1.29 is 9.72 Å². The van der Waals surface area contributed by atoms with Gasteiger partial charge in [0, 0.05) is 35.4 Å². The van der Waals surface area contributed by atoms with Crippen molar-refractivity contribution in [3.8, 4) is 0 Å². The second-order valence-corrected chi connectivity index (χ2v) is 6.41. The Morgan fingerprint density at radius 3 is 2.81 bits per heavy atom. The molecule has 1 amide bonds. The summed E-state index contributed by atoms with van der Waals surface area (Å²) < 4.78 is 1.95. The van der Waals surface area contributed by atoms with Crippen LogP contribution in [0.4, 0.5) is 11.4 Å². The molecule has 1 aliphatic heterocycles. The molecule has 0 spiro atoms. The molecular weight excluding hydrogens is 334 g/mol. The average molecular weight is 349 g/mol. The van der Waals surface area contributed by atoms with Crippen molar-refractivity contribution in [2.24, 2.45) is 0 Å². The van der Waals surface area contributed by atoms with Crippen molar-refractivity contribution >= 4 is 28.2 Å². The second-order valence-electron chi connectivity index (χ2n) is 6.41. The van der Waals surface area contributed by atoms with Gasteiger partial charge in [0.25, 0.3) is 11.6 Å². The number of nitro groups is 1. The minimum absolute atomic E-state index is 0.0231. The lowest BCUT2D eigenvalue weighted by atomic mass is 10.1. The van der Waals surface area contributed by atoms with Gasteiger partial charge in [-0.25, -0.2) is 0 Å². The molecule has 7 nitrogen and oxygen atoms in total. The molecule has 2 heterocycles. The van der Waals surface area contributed by atoms with Gasteiger partial charge in [0.2, 0.25) is 5.43 Å². The van der Waals surface area contributed by atoms with E-state index >= 15 is 0 Å². The Labute approximate surface area is 148 Å². The molecule has 0 saturated heterocycles. The van der Waals surface area contributed by atoms with Crippen molar-refractivity contribution in [3.63, 3.8) is 0 Å². The van der Waals surface area contributed by atoms with Crippen LogP contribution in [0.15, 0.2) is 53.5 Å². The number of nitrogens with one attached hydrogen (secondary N) is 1. The molecule has 1 aromatic heterocycles. The standard InChI is InChI=1S/C19H15N3O4/c1-11-8-12-4-2-7-15-17(12)21(11)10-16(18(15)23)19(24)20-13-5-3-6-14(9-13)22(25)26/h2-7,9-11H,8H2,1H3,(H,20,24)/t11-/m0/s1. The quantitative estimate of drug-likeness (QED) is 0.580. The van der Waals surface area contributed by atoms with E-state index in [0.29, 0.717) is 5.39 Å². The lowest BCUT2D eigenvalue weighted by Crippen LogP contribution is -2.23. The number of benzene rings is 2. The number of nitro benzene ring substituents is 1. The minimum atomic E-state index is -0.578. The smallest absolute Gasteiger partial charge is 0.271 e. The largest absolute Gasteiger partial charge is 0.343 e. The fourth-order valence-electron chi connectivity index (χ4n) is 3.47. The van der Waals surface area contributed by atoms with E-state index in [-0.39, 0.29) is 28.4 Å². The van der Waals surface area contributed by atoms with E-state index in [2.05, 4.69) is 5.32 Å². The van der Waals surface area contributed by atoms with E-state index < -0.39 is 10.8 Å². The molecular formula is C19H15N3O4. The number of amides is 1. The summed E-state index contributed by atoms with van der Waals surface area (Å²) in [5.74, 6) is -0.578. The number of aromatic nitrogens is 1. The van der Waals surface area contributed by atoms with Crippen molar-refractivity contribution in [2.45, 2.75) is 19.4 Å². The molecule has 1 aliphatic rings. The van der Waals surface area contributed by atoms with Crippen LogP contribution in [0.25, 0.3) is 10.9 Å². The predicted octanol–water partition coefficient (Wildman–Crippen LogP) is 3.28. The van der Waals surface area contributed by atoms with E-state index in [9.17, 15) is 19.7 Å². The third kappa shape index (κ3) is 2.45. The van der Waals surface area contributed by atoms with Crippen molar-refractivity contribution in [1.29, 1.82) is 0 Å². The maximum atomic E-state index is 12.8. The number of carbonyl (C=O) groups excluding carboxylic acids is 1. The molecule has 3 aromatic rings. The SMILES string of the molecule is C[C@H]1Cc2cccc3c(=O)c(C(=O)Nc4cccc([N+](=O)[O-])c4)cn1c23. The predicted molar refractivity (Wildman–Crippen MR) is 97.7 cm³/mol. The van der Waals surface area contributed by atoms with Crippen LogP contribution in [0.5, 0.6) is 0 Å². The van der Waals surface area contributed by atoms with Gasteiger partial charge in [-0.3, -0.25) is 19.7 Å². The van der Waals surface area contributed by atoms with E-state index in [4.69, 9.17) is 0 Å². The van der Waals surface area contributed by atoms with E-state index in [1.807, 2.05) is 23.6 Å². The molecule has 0 saturated carbocycles. The van der Waals surface area contributed by atoms with Crippen molar-refractivity contribution in [1.82, 2.24) is 4.57 Å². The van der Waals surface area contributed by atoms with Gasteiger partial charge in [0.1, 0.15) is 5.56 Å². The number of para-hydroxylation sites is 1. The van der Waals surface area contributed by atoms with Crippen LogP contribution in [-0.4, -0.2) is 15.4 Å². The topological polar surface area (TPSA) is 94.2 Å². The first-order valence-electron chi connectivity index (χ1n) is 8.18. The van der Waals surface area contributed by atoms with E-state index in [1.54, 1.807) is 18.3 Å². The molecule has 4 rings (SSSR count). The molecule has 0 aliphatic carbocycles. The second kappa shape index (κ2) is 5.80. The number of pyridine rings is 1. The maximum Gasteiger partial charge on any atom is 0.271 e. The Hall–Kier alpha value is -3.48. The molecule has 0 unspecified atom stereocenters. The van der Waals surface area contributed by atoms with Gasteiger partial charge >= 0.3 is 0 Å². The Balaban J connectivity index is 1.77. The number of hydrogen-bond acceptors (Lipinski definition) is 4. The summed E-state index contributed by atoms with van der Waals surface area (Å²) in [6.45, 7) is 2.03. The monoisotopic (exact) mass is 349 g/mol. The Bertz CT molecular complexity index is 1130. The van der Waals surface area contributed by atoms with Crippen molar-refractivity contribution in [3.05, 3.63) is 80.1 Å². The molecule has 0 fully saturated rings. The highest BCUT2D eigenvalue weighted by Crippen LogP contribution is 2.31. The van der Waals surface area contributed by atoms with Crippen LogP contribution < -0.4 is 10.7 Å². The van der Waals surface area contributed by atoms with E-state index in [1.165, 1.54) is 18.2 Å². The molecule has 2 aromatic carbocycles. The normalized spacial score (nSPS) is 15.2. The summed E-state index contributed by atoms with van der Waals surface area (Å²) in [5, 5.41) is 14.0. The Kier molecular flexibility index (Phi) is 3.57. The first kappa shape index (κ1) is 16.0. The summed E-state index contributed by atoms with van der Waals surface area (Å²) in [6.07, 6.45) is 2.39. The maximum absolute atomic E-state index is 12.8. The van der Waals surface area contributed by atoms with Gasteiger partial charge in [0.15, 0.2) is 0 Å². The number of hydrogen-bond donors (Lipinski definition) is 1.